The summed E-state index contributed by atoms with van der Waals surface area (Å²) in [7, 11) is 0. The number of aromatic nitrogens is 4. The van der Waals surface area contributed by atoms with Crippen molar-refractivity contribution in [1.29, 1.82) is 0 Å². The highest BCUT2D eigenvalue weighted by Gasteiger charge is 2.20. The predicted molar refractivity (Wildman–Crippen MR) is 129 cm³/mol. The lowest BCUT2D eigenvalue weighted by molar-refractivity contribution is 0.0474. The molecule has 0 fully saturated rings. The summed E-state index contributed by atoms with van der Waals surface area (Å²) < 4.78 is 8.99. The number of benzene rings is 1. The van der Waals surface area contributed by atoms with Crippen molar-refractivity contribution in [2.45, 2.75) is 46.1 Å². The van der Waals surface area contributed by atoms with Crippen LogP contribution < -0.4 is 5.56 Å². The molecule has 34 heavy (non-hydrogen) atoms. The van der Waals surface area contributed by atoms with Gasteiger partial charge in [-0.05, 0) is 51.0 Å². The van der Waals surface area contributed by atoms with E-state index >= 15 is 0 Å². The zero-order valence-corrected chi connectivity index (χ0v) is 19.9. The summed E-state index contributed by atoms with van der Waals surface area (Å²) >= 11 is 1.48. The fourth-order valence-electron chi connectivity index (χ4n) is 4.50. The molecular formula is C25H24N4O4S. The van der Waals surface area contributed by atoms with Crippen LogP contribution in [0.2, 0.25) is 0 Å². The molecule has 0 N–H and O–H groups in total. The first kappa shape index (κ1) is 22.2. The lowest BCUT2D eigenvalue weighted by atomic mass is 10.1. The lowest BCUT2D eigenvalue weighted by Crippen LogP contribution is -2.24. The maximum absolute atomic E-state index is 12.9. The van der Waals surface area contributed by atoms with Crippen LogP contribution in [-0.4, -0.2) is 37.5 Å². The van der Waals surface area contributed by atoms with Crippen LogP contribution in [0.1, 0.15) is 57.2 Å². The van der Waals surface area contributed by atoms with Crippen LogP contribution in [0, 0.1) is 13.8 Å². The number of Topliss-reactive ketones (excluding diaryl/α,β-unsaturated/α-hetero) is 1. The minimum Gasteiger partial charge on any atom is -0.454 e. The summed E-state index contributed by atoms with van der Waals surface area (Å²) in [5.74, 6) is -0.154. The molecule has 8 nitrogen and oxygen atoms in total. The van der Waals surface area contributed by atoms with Crippen LogP contribution in [-0.2, 0) is 17.7 Å². The number of nitrogens with zero attached hydrogens (tertiary/aromatic N) is 4. The van der Waals surface area contributed by atoms with Gasteiger partial charge in [0.15, 0.2) is 11.7 Å². The first-order valence-corrected chi connectivity index (χ1v) is 12.1. The molecule has 0 amide bonds. The van der Waals surface area contributed by atoms with E-state index in [0.717, 1.165) is 48.0 Å². The number of ether oxygens (including phenoxy) is 1. The van der Waals surface area contributed by atoms with Gasteiger partial charge in [0.1, 0.15) is 5.82 Å². The predicted octanol–water partition coefficient (Wildman–Crippen LogP) is 4.03. The fraction of sp³-hybridized carbons (Fsp3) is 0.320. The van der Waals surface area contributed by atoms with Crippen LogP contribution >= 0.6 is 11.3 Å². The van der Waals surface area contributed by atoms with Crippen molar-refractivity contribution in [1.82, 2.24) is 19.1 Å². The molecule has 4 aromatic rings. The average Bonchev–Trinajstić information content (AvgIpc) is 3.37. The number of carbonyl (C=O) groups is 2. The summed E-state index contributed by atoms with van der Waals surface area (Å²) in [5.41, 5.74) is 2.80. The van der Waals surface area contributed by atoms with Crippen molar-refractivity contribution in [3.63, 3.8) is 0 Å². The Kier molecular flexibility index (Phi) is 5.87. The second kappa shape index (κ2) is 8.98. The van der Waals surface area contributed by atoms with Crippen molar-refractivity contribution in [3.8, 4) is 5.13 Å². The van der Waals surface area contributed by atoms with E-state index in [1.807, 2.05) is 23.8 Å². The maximum Gasteiger partial charge on any atom is 0.338 e. The smallest absolute Gasteiger partial charge is 0.338 e. The summed E-state index contributed by atoms with van der Waals surface area (Å²) in [6.07, 6.45) is 5.48. The Balaban J connectivity index is 1.35. The van der Waals surface area contributed by atoms with E-state index in [1.165, 1.54) is 11.3 Å². The minimum atomic E-state index is -0.624. The van der Waals surface area contributed by atoms with Gasteiger partial charge in [0.05, 0.1) is 16.5 Å². The van der Waals surface area contributed by atoms with Crippen molar-refractivity contribution in [3.05, 3.63) is 74.5 Å². The molecule has 9 heteroatoms. The quantitative estimate of drug-likeness (QED) is 0.319. The molecule has 0 aliphatic carbocycles. The highest BCUT2D eigenvalue weighted by atomic mass is 32.1. The van der Waals surface area contributed by atoms with E-state index in [1.54, 1.807) is 35.0 Å². The molecule has 0 saturated heterocycles. The summed E-state index contributed by atoms with van der Waals surface area (Å²) in [5, 5.41) is 3.14. The Labute approximate surface area is 199 Å². The van der Waals surface area contributed by atoms with E-state index in [4.69, 9.17) is 4.74 Å². The third-order valence-electron chi connectivity index (χ3n) is 6.23. The first-order chi connectivity index (χ1) is 16.4. The van der Waals surface area contributed by atoms with Crippen molar-refractivity contribution in [2.75, 3.05) is 6.61 Å². The summed E-state index contributed by atoms with van der Waals surface area (Å²) in [6.45, 7) is 4.05. The van der Waals surface area contributed by atoms with E-state index in [-0.39, 0.29) is 23.5 Å². The number of fused-ring (bicyclic) bond motifs is 2. The molecule has 174 valence electrons. The number of thiazole rings is 1. The molecule has 0 radical (unpaired) electrons. The number of hydrogen-bond donors (Lipinski definition) is 0. The van der Waals surface area contributed by atoms with Crippen molar-refractivity contribution < 1.29 is 14.3 Å². The van der Waals surface area contributed by atoms with Crippen molar-refractivity contribution in [2.24, 2.45) is 0 Å². The van der Waals surface area contributed by atoms with Gasteiger partial charge in [-0.1, -0.05) is 6.42 Å². The highest BCUT2D eigenvalue weighted by Crippen LogP contribution is 2.23. The summed E-state index contributed by atoms with van der Waals surface area (Å²) in [4.78, 5) is 47.4. The average molecular weight is 477 g/mol. The van der Waals surface area contributed by atoms with Crippen LogP contribution in [0.25, 0.3) is 16.0 Å². The Bertz CT molecular complexity index is 1470. The van der Waals surface area contributed by atoms with E-state index in [0.29, 0.717) is 23.0 Å². The summed E-state index contributed by atoms with van der Waals surface area (Å²) in [6, 6.07) is 6.52. The molecule has 1 aliphatic heterocycles. The van der Waals surface area contributed by atoms with Gasteiger partial charge in [-0.3, -0.25) is 18.7 Å². The number of rotatable bonds is 5. The van der Waals surface area contributed by atoms with E-state index in [9.17, 15) is 14.4 Å². The van der Waals surface area contributed by atoms with Crippen molar-refractivity contribution >= 4 is 34.0 Å². The third kappa shape index (κ3) is 3.96. The number of hydrogen-bond acceptors (Lipinski definition) is 7. The topological polar surface area (TPSA) is 96.1 Å². The zero-order valence-electron chi connectivity index (χ0n) is 19.0. The molecule has 1 aromatic carbocycles. The van der Waals surface area contributed by atoms with Gasteiger partial charge >= 0.3 is 5.97 Å². The second-order valence-corrected chi connectivity index (χ2v) is 9.33. The van der Waals surface area contributed by atoms with Gasteiger partial charge in [0.2, 0.25) is 5.78 Å². The molecule has 1 aliphatic rings. The number of ketones is 1. The van der Waals surface area contributed by atoms with Gasteiger partial charge < -0.3 is 4.74 Å². The molecule has 0 atom stereocenters. The molecule has 5 rings (SSSR count). The number of aryl methyl sites for hydroxylation is 2. The minimum absolute atomic E-state index is 0.0763. The van der Waals surface area contributed by atoms with E-state index in [2.05, 4.69) is 9.97 Å². The van der Waals surface area contributed by atoms with Crippen LogP contribution in [0.4, 0.5) is 0 Å². The fourth-order valence-corrected chi connectivity index (χ4v) is 5.25. The Morgan fingerprint density at radius 2 is 2.00 bits per heavy atom. The zero-order chi connectivity index (χ0) is 23.8. The standard InChI is InChI=1S/C25H24N4O4S/c1-15-12-19(16(2)29(15)25-26-9-11-34-25)21(30)14-33-24(32)17-7-8-18-20(13-17)27-22-6-4-3-5-10-28(22)23(18)31/h7-9,11-13H,3-6,10,14H2,1-2H3. The maximum atomic E-state index is 12.9. The molecule has 0 saturated carbocycles. The second-order valence-electron chi connectivity index (χ2n) is 8.46. The van der Waals surface area contributed by atoms with Crippen LogP contribution in [0.5, 0.6) is 0 Å². The van der Waals surface area contributed by atoms with Crippen LogP contribution in [0.15, 0.2) is 40.6 Å². The first-order valence-electron chi connectivity index (χ1n) is 11.3. The van der Waals surface area contributed by atoms with Gasteiger partial charge in [-0.15, -0.1) is 11.3 Å². The number of esters is 1. The SMILES string of the molecule is Cc1cc(C(=O)COC(=O)c2ccc3c(=O)n4c(nc3c2)CCCCC4)c(C)n1-c1nccs1. The van der Waals surface area contributed by atoms with Gasteiger partial charge in [0, 0.05) is 41.5 Å². The molecule has 0 unspecified atom stereocenters. The van der Waals surface area contributed by atoms with Gasteiger partial charge in [0.25, 0.3) is 5.56 Å². The van der Waals surface area contributed by atoms with E-state index < -0.39 is 5.97 Å². The van der Waals surface area contributed by atoms with Gasteiger partial charge in [-0.2, -0.15) is 0 Å². The van der Waals surface area contributed by atoms with Crippen LogP contribution in [0.3, 0.4) is 0 Å². The molecule has 0 spiro atoms. The third-order valence-corrected chi connectivity index (χ3v) is 6.99. The molecule has 0 bridgehead atoms. The van der Waals surface area contributed by atoms with Gasteiger partial charge in [-0.25, -0.2) is 14.8 Å². The molecule has 4 heterocycles. The largest absolute Gasteiger partial charge is 0.454 e. The normalized spacial score (nSPS) is 13.5. The Morgan fingerprint density at radius 3 is 2.79 bits per heavy atom. The number of carbonyl (C=O) groups excluding carboxylic acids is 2. The molecule has 3 aromatic heterocycles. The Hall–Kier alpha value is -3.59. The Morgan fingerprint density at radius 1 is 1.15 bits per heavy atom. The lowest BCUT2D eigenvalue weighted by Gasteiger charge is -2.11. The molecular weight excluding hydrogens is 452 g/mol. The monoisotopic (exact) mass is 476 g/mol. The highest BCUT2D eigenvalue weighted by molar-refractivity contribution is 7.12.